The molecule has 1 aromatic carbocycles. The minimum atomic E-state index is -0.213. The molecule has 120 valence electrons. The minimum absolute atomic E-state index is 0.213. The van der Waals surface area contributed by atoms with Gasteiger partial charge in [-0.15, -0.1) is 15.3 Å². The van der Waals surface area contributed by atoms with Crippen LogP contribution >= 0.6 is 11.3 Å². The summed E-state index contributed by atoms with van der Waals surface area (Å²) in [5, 5.41) is 15.8. The molecule has 0 aliphatic carbocycles. The average Bonchev–Trinajstić information content (AvgIpc) is 3.10. The number of hydrogen-bond donors (Lipinski definition) is 1. The van der Waals surface area contributed by atoms with Crippen LogP contribution in [0.2, 0.25) is 0 Å². The second kappa shape index (κ2) is 6.74. The summed E-state index contributed by atoms with van der Waals surface area (Å²) in [6.07, 6.45) is 1.77. The highest BCUT2D eigenvalue weighted by Gasteiger charge is 2.14. The maximum Gasteiger partial charge on any atom is 0.257 e. The Morgan fingerprint density at radius 1 is 1.26 bits per heavy atom. The van der Waals surface area contributed by atoms with Crippen LogP contribution in [0.3, 0.4) is 0 Å². The fourth-order valence-electron chi connectivity index (χ4n) is 2.13. The molecule has 0 unspecified atom stereocenters. The normalized spacial score (nSPS) is 10.9. The summed E-state index contributed by atoms with van der Waals surface area (Å²) in [5.41, 5.74) is 0.549. The van der Waals surface area contributed by atoms with E-state index in [2.05, 4.69) is 27.5 Å². The van der Waals surface area contributed by atoms with Crippen LogP contribution in [-0.4, -0.2) is 32.3 Å². The third kappa shape index (κ3) is 3.31. The molecule has 0 saturated heterocycles. The van der Waals surface area contributed by atoms with E-state index in [4.69, 9.17) is 4.74 Å². The van der Waals surface area contributed by atoms with E-state index in [1.165, 1.54) is 11.3 Å². The number of hydrogen-bond acceptors (Lipinski definition) is 6. The van der Waals surface area contributed by atoms with Crippen molar-refractivity contribution in [3.8, 4) is 5.75 Å². The molecule has 0 radical (unpaired) electrons. The Labute approximate surface area is 137 Å². The molecule has 0 aliphatic rings. The largest absolute Gasteiger partial charge is 0.494 e. The molecular weight excluding hydrogens is 314 g/mol. The number of carbonyl (C=O) groups excluding carboxylic acids is 1. The Bertz CT molecular complexity index is 809. The van der Waals surface area contributed by atoms with Crippen LogP contribution in [0.5, 0.6) is 5.75 Å². The third-order valence-corrected chi connectivity index (χ3v) is 3.99. The highest BCUT2D eigenvalue weighted by molar-refractivity contribution is 7.20. The van der Waals surface area contributed by atoms with Gasteiger partial charge in [0.2, 0.25) is 10.1 Å². The summed E-state index contributed by atoms with van der Waals surface area (Å²) in [6, 6.07) is 7.00. The monoisotopic (exact) mass is 331 g/mol. The van der Waals surface area contributed by atoms with Crippen molar-refractivity contribution in [1.29, 1.82) is 0 Å². The van der Waals surface area contributed by atoms with Crippen LogP contribution < -0.4 is 10.1 Å². The van der Waals surface area contributed by atoms with Crippen LogP contribution in [0.25, 0.3) is 4.96 Å². The molecular formula is C15H17N5O2S. The lowest BCUT2D eigenvalue weighted by molar-refractivity contribution is 0.102. The smallest absolute Gasteiger partial charge is 0.257 e. The highest BCUT2D eigenvalue weighted by Crippen LogP contribution is 2.20. The number of nitrogens with one attached hydrogen (secondary N) is 1. The number of benzene rings is 1. The number of anilines is 1. The van der Waals surface area contributed by atoms with Crippen molar-refractivity contribution in [2.24, 2.45) is 0 Å². The molecule has 8 heteroatoms. The molecule has 1 N–H and O–H groups in total. The van der Waals surface area contributed by atoms with Gasteiger partial charge in [-0.1, -0.05) is 18.3 Å². The maximum absolute atomic E-state index is 12.3. The topological polar surface area (TPSA) is 81.4 Å². The highest BCUT2D eigenvalue weighted by atomic mass is 32.1. The van der Waals surface area contributed by atoms with Gasteiger partial charge in [-0.2, -0.15) is 4.52 Å². The van der Waals surface area contributed by atoms with Gasteiger partial charge in [0.25, 0.3) is 5.91 Å². The van der Waals surface area contributed by atoms with Gasteiger partial charge in [-0.3, -0.25) is 10.1 Å². The first kappa shape index (κ1) is 15.4. The molecule has 2 heterocycles. The number of nitrogens with zero attached hydrogens (tertiary/aromatic N) is 4. The predicted molar refractivity (Wildman–Crippen MR) is 88.2 cm³/mol. The van der Waals surface area contributed by atoms with E-state index in [0.29, 0.717) is 22.3 Å². The molecule has 0 saturated carbocycles. The van der Waals surface area contributed by atoms with Gasteiger partial charge >= 0.3 is 0 Å². The molecule has 7 nitrogen and oxygen atoms in total. The van der Waals surface area contributed by atoms with Crippen LogP contribution in [0.4, 0.5) is 5.13 Å². The molecule has 3 aromatic rings. The van der Waals surface area contributed by atoms with E-state index in [0.717, 1.165) is 24.4 Å². The van der Waals surface area contributed by atoms with Crippen molar-refractivity contribution >= 4 is 27.3 Å². The van der Waals surface area contributed by atoms with Gasteiger partial charge in [-0.25, -0.2) is 0 Å². The predicted octanol–water partition coefficient (Wildman–Crippen LogP) is 2.79. The Kier molecular flexibility index (Phi) is 4.52. The van der Waals surface area contributed by atoms with E-state index in [-0.39, 0.29) is 5.91 Å². The average molecular weight is 331 g/mol. The molecule has 23 heavy (non-hydrogen) atoms. The number of amides is 1. The van der Waals surface area contributed by atoms with E-state index in [9.17, 15) is 4.79 Å². The van der Waals surface area contributed by atoms with Crippen LogP contribution in [-0.2, 0) is 6.42 Å². The number of ether oxygens (including phenoxy) is 1. The minimum Gasteiger partial charge on any atom is -0.494 e. The van der Waals surface area contributed by atoms with Gasteiger partial charge in [0, 0.05) is 12.0 Å². The quantitative estimate of drug-likeness (QED) is 0.751. The van der Waals surface area contributed by atoms with Crippen molar-refractivity contribution in [2.75, 3.05) is 11.9 Å². The Morgan fingerprint density at radius 2 is 2.04 bits per heavy atom. The molecule has 0 aliphatic heterocycles. The Hall–Kier alpha value is -2.48. The van der Waals surface area contributed by atoms with Crippen molar-refractivity contribution in [1.82, 2.24) is 19.8 Å². The number of carbonyl (C=O) groups is 1. The number of fused-ring (bicyclic) bond motifs is 1. The van der Waals surface area contributed by atoms with E-state index >= 15 is 0 Å². The van der Waals surface area contributed by atoms with Gasteiger partial charge in [0.1, 0.15) is 5.75 Å². The third-order valence-electron chi connectivity index (χ3n) is 3.18. The number of aryl methyl sites for hydroxylation is 1. The molecule has 2 aromatic heterocycles. The first-order valence-corrected chi connectivity index (χ1v) is 8.28. The molecule has 0 fully saturated rings. The SMILES string of the molecule is CCCc1nnc2sc(NC(=O)c3ccc(OCC)cc3)nn12. The van der Waals surface area contributed by atoms with E-state index in [1.807, 2.05) is 6.92 Å². The lowest BCUT2D eigenvalue weighted by Gasteiger charge is -2.04. The molecule has 0 spiro atoms. The summed E-state index contributed by atoms with van der Waals surface area (Å²) in [7, 11) is 0. The Balaban J connectivity index is 1.74. The van der Waals surface area contributed by atoms with Crippen molar-refractivity contribution in [3.05, 3.63) is 35.7 Å². The zero-order valence-electron chi connectivity index (χ0n) is 12.9. The van der Waals surface area contributed by atoms with E-state index < -0.39 is 0 Å². The second-order valence-corrected chi connectivity index (χ2v) is 5.84. The zero-order valence-corrected chi connectivity index (χ0v) is 13.8. The van der Waals surface area contributed by atoms with Gasteiger partial charge in [0.05, 0.1) is 6.61 Å². The van der Waals surface area contributed by atoms with Gasteiger partial charge in [0.15, 0.2) is 5.82 Å². The summed E-state index contributed by atoms with van der Waals surface area (Å²) in [5.74, 6) is 1.34. The van der Waals surface area contributed by atoms with Gasteiger partial charge in [-0.05, 0) is 37.6 Å². The summed E-state index contributed by atoms with van der Waals surface area (Å²) < 4.78 is 7.05. The molecule has 0 bridgehead atoms. The zero-order chi connectivity index (χ0) is 16.2. The fraction of sp³-hybridized carbons (Fsp3) is 0.333. The summed E-state index contributed by atoms with van der Waals surface area (Å²) in [6.45, 7) is 4.59. The number of aromatic nitrogens is 4. The lowest BCUT2D eigenvalue weighted by Crippen LogP contribution is -2.12. The second-order valence-electron chi connectivity index (χ2n) is 4.88. The molecule has 1 amide bonds. The summed E-state index contributed by atoms with van der Waals surface area (Å²) >= 11 is 1.30. The van der Waals surface area contributed by atoms with Crippen LogP contribution in [0.1, 0.15) is 36.5 Å². The van der Waals surface area contributed by atoms with Gasteiger partial charge < -0.3 is 4.74 Å². The van der Waals surface area contributed by atoms with Crippen molar-refractivity contribution in [3.63, 3.8) is 0 Å². The standard InChI is InChI=1S/C15H17N5O2S/c1-3-5-12-17-18-15-20(12)19-14(23-15)16-13(21)10-6-8-11(9-7-10)22-4-2/h6-9H,3-5H2,1-2H3,(H,16,19,21). The summed E-state index contributed by atoms with van der Waals surface area (Å²) in [4.78, 5) is 12.9. The first-order valence-electron chi connectivity index (χ1n) is 7.46. The fourth-order valence-corrected chi connectivity index (χ4v) is 2.88. The van der Waals surface area contributed by atoms with Crippen LogP contribution in [0.15, 0.2) is 24.3 Å². The van der Waals surface area contributed by atoms with E-state index in [1.54, 1.807) is 28.8 Å². The molecule has 3 rings (SSSR count). The lowest BCUT2D eigenvalue weighted by atomic mass is 10.2. The molecule has 0 atom stereocenters. The van der Waals surface area contributed by atoms with Crippen molar-refractivity contribution < 1.29 is 9.53 Å². The van der Waals surface area contributed by atoms with Crippen LogP contribution in [0, 0.1) is 0 Å². The Morgan fingerprint density at radius 3 is 2.74 bits per heavy atom. The maximum atomic E-state index is 12.3. The first-order chi connectivity index (χ1) is 11.2. The van der Waals surface area contributed by atoms with Crippen molar-refractivity contribution in [2.45, 2.75) is 26.7 Å². The number of rotatable bonds is 6.